The van der Waals surface area contributed by atoms with Gasteiger partial charge in [0, 0.05) is 16.7 Å². The molecule has 0 spiro atoms. The summed E-state index contributed by atoms with van der Waals surface area (Å²) in [5, 5.41) is 11.1. The molecule has 5 nitrogen and oxygen atoms in total. The van der Waals surface area contributed by atoms with Gasteiger partial charge in [0.2, 0.25) is 0 Å². The highest BCUT2D eigenvalue weighted by atomic mass is 35.5. The predicted molar refractivity (Wildman–Crippen MR) is 75.4 cm³/mol. The Morgan fingerprint density at radius 3 is 2.33 bits per heavy atom. The maximum atomic E-state index is 12.8. The van der Waals surface area contributed by atoms with Gasteiger partial charge in [-0.05, 0) is 36.4 Å². The van der Waals surface area contributed by atoms with Gasteiger partial charge in [0.15, 0.2) is 9.84 Å². The zero-order valence-corrected chi connectivity index (χ0v) is 12.1. The zero-order valence-electron chi connectivity index (χ0n) is 10.5. The largest absolute Gasteiger partial charge is 0.273 e. The van der Waals surface area contributed by atoms with Crippen LogP contribution in [0, 0.1) is 15.9 Å². The van der Waals surface area contributed by atoms with Gasteiger partial charge in [0.1, 0.15) is 5.82 Å². The maximum Gasteiger partial charge on any atom is 0.273 e. The Bertz CT molecular complexity index is 790. The summed E-state index contributed by atoms with van der Waals surface area (Å²) in [5.74, 6) is -1.15. The molecule has 0 saturated carbocycles. The lowest BCUT2D eigenvalue weighted by molar-refractivity contribution is -0.385. The van der Waals surface area contributed by atoms with E-state index in [0.29, 0.717) is 0 Å². The first kappa shape index (κ1) is 15.4. The number of halogens is 2. The molecule has 0 fully saturated rings. The monoisotopic (exact) mass is 329 g/mol. The first-order valence-electron chi connectivity index (χ1n) is 5.71. The van der Waals surface area contributed by atoms with Crippen molar-refractivity contribution < 1.29 is 17.7 Å². The quantitative estimate of drug-likeness (QED) is 0.489. The highest BCUT2D eigenvalue weighted by Crippen LogP contribution is 2.26. The van der Waals surface area contributed by atoms with E-state index in [0.717, 1.165) is 30.3 Å². The third kappa shape index (κ3) is 3.56. The fraction of sp³-hybridized carbons (Fsp3) is 0.0769. The molecule has 0 heterocycles. The summed E-state index contributed by atoms with van der Waals surface area (Å²) in [6, 6.07) is 7.95. The molecular formula is C13H9ClFNO4S. The average molecular weight is 330 g/mol. The van der Waals surface area contributed by atoms with Crippen LogP contribution in [0.5, 0.6) is 0 Å². The Kier molecular flexibility index (Phi) is 4.24. The zero-order chi connectivity index (χ0) is 15.6. The van der Waals surface area contributed by atoms with Crippen molar-refractivity contribution in [3.8, 4) is 0 Å². The smallest absolute Gasteiger partial charge is 0.258 e. The second kappa shape index (κ2) is 5.79. The van der Waals surface area contributed by atoms with Gasteiger partial charge in [-0.3, -0.25) is 10.1 Å². The van der Waals surface area contributed by atoms with Crippen molar-refractivity contribution in [3.05, 3.63) is 69.0 Å². The Morgan fingerprint density at radius 1 is 1.14 bits per heavy atom. The lowest BCUT2D eigenvalue weighted by atomic mass is 10.2. The summed E-state index contributed by atoms with van der Waals surface area (Å²) in [5.41, 5.74) is -0.345. The molecule has 8 heteroatoms. The number of rotatable bonds is 4. The van der Waals surface area contributed by atoms with Crippen LogP contribution in [0.2, 0.25) is 5.02 Å². The van der Waals surface area contributed by atoms with Gasteiger partial charge in [-0.25, -0.2) is 12.8 Å². The molecule has 0 atom stereocenters. The molecule has 2 aromatic carbocycles. The summed E-state index contributed by atoms with van der Waals surface area (Å²) in [6.07, 6.45) is 0. The number of nitrogens with zero attached hydrogens (tertiary/aromatic N) is 1. The van der Waals surface area contributed by atoms with Gasteiger partial charge >= 0.3 is 0 Å². The third-order valence-corrected chi connectivity index (χ3v) is 4.67. The summed E-state index contributed by atoms with van der Waals surface area (Å²) in [7, 11) is -3.83. The normalized spacial score (nSPS) is 11.3. The molecule has 0 radical (unpaired) electrons. The molecule has 0 aliphatic heterocycles. The van der Waals surface area contributed by atoms with Gasteiger partial charge in [0.05, 0.1) is 15.6 Å². The fourth-order valence-electron chi connectivity index (χ4n) is 1.78. The summed E-state index contributed by atoms with van der Waals surface area (Å²) in [6.45, 7) is 0. The lowest BCUT2D eigenvalue weighted by Gasteiger charge is -2.06. The summed E-state index contributed by atoms with van der Waals surface area (Å²) < 4.78 is 37.2. The number of nitro benzene ring substituents is 1. The number of sulfone groups is 1. The van der Waals surface area contributed by atoms with Crippen molar-refractivity contribution in [2.24, 2.45) is 0 Å². The second-order valence-corrected chi connectivity index (χ2v) is 6.67. The van der Waals surface area contributed by atoms with Crippen LogP contribution >= 0.6 is 11.6 Å². The number of hydrogen-bond donors (Lipinski definition) is 0. The van der Waals surface area contributed by atoms with E-state index in [1.807, 2.05) is 0 Å². The first-order chi connectivity index (χ1) is 9.79. The van der Waals surface area contributed by atoms with E-state index in [1.54, 1.807) is 0 Å². The number of benzene rings is 2. The van der Waals surface area contributed by atoms with Crippen molar-refractivity contribution in [1.29, 1.82) is 0 Å². The Morgan fingerprint density at radius 2 is 1.76 bits per heavy atom. The van der Waals surface area contributed by atoms with E-state index in [-0.39, 0.29) is 21.2 Å². The Labute approximate surface area is 125 Å². The lowest BCUT2D eigenvalue weighted by Crippen LogP contribution is -2.07. The maximum absolute atomic E-state index is 12.8. The summed E-state index contributed by atoms with van der Waals surface area (Å²) in [4.78, 5) is 10.1. The summed E-state index contributed by atoms with van der Waals surface area (Å²) >= 11 is 5.75. The predicted octanol–water partition coefficient (Wildman–Crippen LogP) is 3.36. The average Bonchev–Trinajstić information content (AvgIpc) is 2.38. The minimum absolute atomic E-state index is 0.0168. The van der Waals surface area contributed by atoms with Gasteiger partial charge in [-0.1, -0.05) is 11.6 Å². The highest BCUT2D eigenvalue weighted by Gasteiger charge is 2.22. The SMILES string of the molecule is O=[N+]([O-])c1ccc(Cl)cc1CS(=O)(=O)c1ccc(F)cc1. The van der Waals surface area contributed by atoms with Gasteiger partial charge in [0.25, 0.3) is 5.69 Å². The van der Waals surface area contributed by atoms with Crippen LogP contribution in [-0.4, -0.2) is 13.3 Å². The molecule has 0 aliphatic rings. The van der Waals surface area contributed by atoms with Crippen molar-refractivity contribution in [1.82, 2.24) is 0 Å². The Hall–Kier alpha value is -1.99. The number of hydrogen-bond acceptors (Lipinski definition) is 4. The minimum atomic E-state index is -3.83. The molecular weight excluding hydrogens is 321 g/mol. The van der Waals surface area contributed by atoms with E-state index in [9.17, 15) is 22.9 Å². The molecule has 21 heavy (non-hydrogen) atoms. The van der Waals surface area contributed by atoms with E-state index >= 15 is 0 Å². The van der Waals surface area contributed by atoms with Crippen LogP contribution in [0.4, 0.5) is 10.1 Å². The van der Waals surface area contributed by atoms with Crippen LogP contribution in [0.25, 0.3) is 0 Å². The molecule has 110 valence electrons. The van der Waals surface area contributed by atoms with Gasteiger partial charge in [-0.2, -0.15) is 0 Å². The van der Waals surface area contributed by atoms with Crippen molar-refractivity contribution >= 4 is 27.1 Å². The standard InChI is InChI=1S/C13H9ClFNO4S/c14-10-1-6-13(16(17)18)9(7-10)8-21(19,20)12-4-2-11(15)3-5-12/h1-7H,8H2. The second-order valence-electron chi connectivity index (χ2n) is 4.24. The molecule has 2 aromatic rings. The fourth-order valence-corrected chi connectivity index (χ4v) is 3.33. The Balaban J connectivity index is 2.43. The van der Waals surface area contributed by atoms with Gasteiger partial charge < -0.3 is 0 Å². The highest BCUT2D eigenvalue weighted by molar-refractivity contribution is 7.90. The molecule has 0 unspecified atom stereocenters. The van der Waals surface area contributed by atoms with E-state index in [1.165, 1.54) is 12.1 Å². The molecule has 0 N–H and O–H groups in total. The van der Waals surface area contributed by atoms with Gasteiger partial charge in [-0.15, -0.1) is 0 Å². The van der Waals surface area contributed by atoms with Crippen LogP contribution < -0.4 is 0 Å². The first-order valence-corrected chi connectivity index (χ1v) is 7.74. The van der Waals surface area contributed by atoms with E-state index in [4.69, 9.17) is 11.6 Å². The minimum Gasteiger partial charge on any atom is -0.258 e. The van der Waals surface area contributed by atoms with Crippen LogP contribution in [0.15, 0.2) is 47.4 Å². The molecule has 0 saturated heterocycles. The third-order valence-electron chi connectivity index (χ3n) is 2.76. The molecule has 2 rings (SSSR count). The molecule has 0 amide bonds. The van der Waals surface area contributed by atoms with Crippen molar-refractivity contribution in [3.63, 3.8) is 0 Å². The molecule has 0 aliphatic carbocycles. The van der Waals surface area contributed by atoms with Crippen LogP contribution in [0.3, 0.4) is 0 Å². The van der Waals surface area contributed by atoms with Crippen molar-refractivity contribution in [2.75, 3.05) is 0 Å². The van der Waals surface area contributed by atoms with Crippen molar-refractivity contribution in [2.45, 2.75) is 10.6 Å². The number of nitro groups is 1. The molecule has 0 bridgehead atoms. The van der Waals surface area contributed by atoms with Crippen LogP contribution in [0.1, 0.15) is 5.56 Å². The molecule has 0 aromatic heterocycles. The topological polar surface area (TPSA) is 77.3 Å². The van der Waals surface area contributed by atoms with E-state index < -0.39 is 26.3 Å². The van der Waals surface area contributed by atoms with Crippen LogP contribution in [-0.2, 0) is 15.6 Å². The van der Waals surface area contributed by atoms with E-state index in [2.05, 4.69) is 0 Å².